The topological polar surface area (TPSA) is 40.5 Å². The van der Waals surface area contributed by atoms with Crippen LogP contribution in [-0.2, 0) is 4.79 Å². The summed E-state index contributed by atoms with van der Waals surface area (Å²) in [5.41, 5.74) is 0. The van der Waals surface area contributed by atoms with Crippen LogP contribution in [0.15, 0.2) is 0 Å². The van der Waals surface area contributed by atoms with Crippen molar-refractivity contribution in [1.29, 1.82) is 0 Å². The van der Waals surface area contributed by atoms with Gasteiger partial charge in [0, 0.05) is 35.7 Å². The van der Waals surface area contributed by atoms with E-state index in [4.69, 9.17) is 5.11 Å². The zero-order valence-electron chi connectivity index (χ0n) is 6.29. The highest BCUT2D eigenvalue weighted by atomic mass is 127. The molecule has 1 heterocycles. The lowest BCUT2D eigenvalue weighted by Gasteiger charge is -2.27. The molecule has 1 N–H and O–H groups in total. The van der Waals surface area contributed by atoms with E-state index in [0.29, 0.717) is 6.54 Å². The average molecular weight is 269 g/mol. The lowest BCUT2D eigenvalue weighted by atomic mass is 10.1. The average Bonchev–Trinajstić information content (AvgIpc) is 1.93. The summed E-state index contributed by atoms with van der Waals surface area (Å²) in [6.07, 6.45) is 1.48. The maximum atomic E-state index is 10.7. The van der Waals surface area contributed by atoms with E-state index in [1.54, 1.807) is 22.6 Å². The van der Waals surface area contributed by atoms with Gasteiger partial charge in [-0.2, -0.15) is 0 Å². The summed E-state index contributed by atoms with van der Waals surface area (Å²) in [5, 5.41) is 9.15. The number of likely N-dealkylation sites (tertiary alicyclic amines) is 1. The van der Waals surface area contributed by atoms with Crippen molar-refractivity contribution < 1.29 is 9.90 Å². The first-order valence-corrected chi connectivity index (χ1v) is 4.85. The second-order valence-corrected chi connectivity index (χ2v) is 4.07. The lowest BCUT2D eigenvalue weighted by molar-refractivity contribution is -0.111. The Hall–Kier alpha value is 0.320. The Balaban J connectivity index is 2.22. The molecule has 0 aromatic rings. The molecule has 4 heteroatoms. The van der Waals surface area contributed by atoms with Crippen LogP contribution in [0, 0.1) is 0 Å². The molecular weight excluding hydrogens is 257 g/mol. The van der Waals surface area contributed by atoms with Crippen molar-refractivity contribution in [3.8, 4) is 0 Å². The van der Waals surface area contributed by atoms with Gasteiger partial charge in [0.2, 0.25) is 3.79 Å². The van der Waals surface area contributed by atoms with Crippen LogP contribution in [0.4, 0.5) is 0 Å². The van der Waals surface area contributed by atoms with Gasteiger partial charge in [-0.3, -0.25) is 9.69 Å². The largest absolute Gasteiger partial charge is 0.393 e. The summed E-state index contributed by atoms with van der Waals surface area (Å²) in [4.78, 5) is 12.8. The maximum absolute atomic E-state index is 10.7. The van der Waals surface area contributed by atoms with E-state index >= 15 is 0 Å². The number of halogens is 1. The van der Waals surface area contributed by atoms with Crippen molar-refractivity contribution in [2.24, 2.45) is 0 Å². The van der Waals surface area contributed by atoms with Crippen LogP contribution in [0.1, 0.15) is 12.8 Å². The molecule has 64 valence electrons. The first kappa shape index (κ1) is 9.41. The number of aliphatic hydroxyl groups excluding tert-OH is 1. The molecule has 0 aromatic heterocycles. The van der Waals surface area contributed by atoms with Gasteiger partial charge in [-0.25, -0.2) is 0 Å². The van der Waals surface area contributed by atoms with Crippen molar-refractivity contribution in [3.63, 3.8) is 0 Å². The number of nitrogens with zero attached hydrogens (tertiary/aromatic N) is 1. The molecule has 1 aliphatic heterocycles. The number of carbonyl (C=O) groups excluding carboxylic acids is 1. The Morgan fingerprint density at radius 3 is 2.55 bits per heavy atom. The molecule has 1 rings (SSSR count). The van der Waals surface area contributed by atoms with Gasteiger partial charge in [0.1, 0.15) is 0 Å². The zero-order valence-corrected chi connectivity index (χ0v) is 8.45. The standard InChI is InChI=1S/C7H12INO2/c8-7(11)5-9-3-1-6(10)2-4-9/h6,10H,1-5H2. The summed E-state index contributed by atoms with van der Waals surface area (Å²) >= 11 is 1.81. The Kier molecular flexibility index (Phi) is 3.74. The predicted octanol–water partition coefficient (Wildman–Crippen LogP) is 0.405. The molecular formula is C7H12INO2. The van der Waals surface area contributed by atoms with Gasteiger partial charge in [0.15, 0.2) is 0 Å². The van der Waals surface area contributed by atoms with Gasteiger partial charge < -0.3 is 5.11 Å². The molecule has 11 heavy (non-hydrogen) atoms. The molecule has 0 spiro atoms. The third-order valence-corrected chi connectivity index (χ3v) is 2.25. The van der Waals surface area contributed by atoms with E-state index in [0.717, 1.165) is 25.9 Å². The highest BCUT2D eigenvalue weighted by Crippen LogP contribution is 2.09. The monoisotopic (exact) mass is 269 g/mol. The molecule has 0 amide bonds. The van der Waals surface area contributed by atoms with E-state index in [2.05, 4.69) is 4.90 Å². The fourth-order valence-electron chi connectivity index (χ4n) is 1.25. The molecule has 0 saturated carbocycles. The molecule has 0 aliphatic carbocycles. The molecule has 0 bridgehead atoms. The minimum absolute atomic E-state index is 0.143. The van der Waals surface area contributed by atoms with Gasteiger partial charge in [-0.15, -0.1) is 0 Å². The molecule has 0 radical (unpaired) electrons. The normalized spacial score (nSPS) is 22.0. The molecule has 1 aliphatic rings. The summed E-state index contributed by atoms with van der Waals surface area (Å²) < 4.78 is 0.180. The van der Waals surface area contributed by atoms with E-state index in [9.17, 15) is 4.79 Å². The molecule has 0 atom stereocenters. The Labute approximate surface area is 79.9 Å². The third-order valence-electron chi connectivity index (χ3n) is 1.91. The number of aliphatic hydroxyl groups is 1. The van der Waals surface area contributed by atoms with Crippen LogP contribution >= 0.6 is 22.6 Å². The van der Waals surface area contributed by atoms with Crippen molar-refractivity contribution in [3.05, 3.63) is 0 Å². The predicted molar refractivity (Wildman–Crippen MR) is 50.7 cm³/mol. The Morgan fingerprint density at radius 1 is 1.55 bits per heavy atom. The fraction of sp³-hybridized carbons (Fsp3) is 0.857. The van der Waals surface area contributed by atoms with Crippen LogP contribution in [-0.4, -0.2) is 39.5 Å². The van der Waals surface area contributed by atoms with Crippen molar-refractivity contribution in [2.45, 2.75) is 18.9 Å². The van der Waals surface area contributed by atoms with Crippen LogP contribution in [0.5, 0.6) is 0 Å². The van der Waals surface area contributed by atoms with Gasteiger partial charge in [0.05, 0.1) is 12.6 Å². The van der Waals surface area contributed by atoms with Crippen molar-refractivity contribution in [1.82, 2.24) is 4.90 Å². The highest BCUT2D eigenvalue weighted by molar-refractivity contribution is 14.1. The Morgan fingerprint density at radius 2 is 2.09 bits per heavy atom. The zero-order chi connectivity index (χ0) is 8.27. The summed E-state index contributed by atoms with van der Waals surface area (Å²) in [5.74, 6) is 0. The fourth-order valence-corrected chi connectivity index (χ4v) is 1.74. The maximum Gasteiger partial charge on any atom is 0.206 e. The lowest BCUT2D eigenvalue weighted by Crippen LogP contribution is -2.37. The molecule has 0 aromatic carbocycles. The molecule has 0 unspecified atom stereocenters. The first-order chi connectivity index (χ1) is 5.18. The van der Waals surface area contributed by atoms with Gasteiger partial charge in [-0.1, -0.05) is 0 Å². The van der Waals surface area contributed by atoms with Crippen LogP contribution < -0.4 is 0 Å². The number of hydrogen-bond donors (Lipinski definition) is 1. The third kappa shape index (κ3) is 3.48. The van der Waals surface area contributed by atoms with E-state index in [-0.39, 0.29) is 9.89 Å². The number of rotatable bonds is 2. The van der Waals surface area contributed by atoms with Crippen LogP contribution in [0.3, 0.4) is 0 Å². The molecule has 3 nitrogen and oxygen atoms in total. The van der Waals surface area contributed by atoms with E-state index in [1.807, 2.05) is 0 Å². The minimum atomic E-state index is -0.143. The number of piperidine rings is 1. The van der Waals surface area contributed by atoms with Gasteiger partial charge in [-0.05, 0) is 12.8 Å². The number of carbonyl (C=O) groups is 1. The van der Waals surface area contributed by atoms with Crippen LogP contribution in [0.25, 0.3) is 0 Å². The van der Waals surface area contributed by atoms with Crippen molar-refractivity contribution >= 4 is 26.4 Å². The highest BCUT2D eigenvalue weighted by Gasteiger charge is 2.17. The second-order valence-electron chi connectivity index (χ2n) is 2.86. The number of hydrogen-bond acceptors (Lipinski definition) is 3. The van der Waals surface area contributed by atoms with Gasteiger partial charge in [0.25, 0.3) is 0 Å². The molecule has 1 saturated heterocycles. The summed E-state index contributed by atoms with van der Waals surface area (Å²) in [6.45, 7) is 2.25. The van der Waals surface area contributed by atoms with Gasteiger partial charge >= 0.3 is 0 Å². The van der Waals surface area contributed by atoms with E-state index in [1.165, 1.54) is 0 Å². The SMILES string of the molecule is O=C(I)CN1CCC(O)CC1. The summed E-state index contributed by atoms with van der Waals surface area (Å²) in [7, 11) is 0. The second kappa shape index (κ2) is 4.37. The Bertz CT molecular complexity index is 143. The summed E-state index contributed by atoms with van der Waals surface area (Å²) in [6, 6.07) is 0. The molecule has 1 fully saturated rings. The smallest absolute Gasteiger partial charge is 0.206 e. The van der Waals surface area contributed by atoms with Crippen LogP contribution in [0.2, 0.25) is 0 Å². The quantitative estimate of drug-likeness (QED) is 0.583. The minimum Gasteiger partial charge on any atom is -0.393 e. The van der Waals surface area contributed by atoms with E-state index < -0.39 is 0 Å². The first-order valence-electron chi connectivity index (χ1n) is 3.77. The van der Waals surface area contributed by atoms with Crippen molar-refractivity contribution in [2.75, 3.05) is 19.6 Å².